The van der Waals surface area contributed by atoms with Crippen molar-refractivity contribution in [1.29, 1.82) is 0 Å². The summed E-state index contributed by atoms with van der Waals surface area (Å²) in [6.07, 6.45) is 0. The number of thioether (sulfide) groups is 1. The number of fused-ring (bicyclic) bond motifs is 1. The summed E-state index contributed by atoms with van der Waals surface area (Å²) in [6.45, 7) is 3.58. The average Bonchev–Trinajstić information content (AvgIpc) is 2.79. The largest absolute Gasteiger partial charge is 0.466 e. The molecule has 0 bridgehead atoms. The minimum atomic E-state index is -0.571. The molecule has 120 valence electrons. The Bertz CT molecular complexity index is 759. The van der Waals surface area contributed by atoms with Gasteiger partial charge in [0.25, 0.3) is 0 Å². The highest BCUT2D eigenvalue weighted by atomic mass is 35.5. The lowest BCUT2D eigenvalue weighted by molar-refractivity contribution is -0.137. The second kappa shape index (κ2) is 6.02. The van der Waals surface area contributed by atoms with Crippen molar-refractivity contribution < 1.29 is 14.3 Å². The Morgan fingerprint density at radius 3 is 2.83 bits per heavy atom. The summed E-state index contributed by atoms with van der Waals surface area (Å²) in [5.74, 6) is -0.569. The average molecular weight is 351 g/mol. The van der Waals surface area contributed by atoms with Crippen molar-refractivity contribution in [2.75, 3.05) is 7.11 Å². The summed E-state index contributed by atoms with van der Waals surface area (Å²) in [7, 11) is 1.32. The maximum absolute atomic E-state index is 12.6. The molecule has 7 heteroatoms. The van der Waals surface area contributed by atoms with Crippen molar-refractivity contribution in [2.24, 2.45) is 4.99 Å². The molecule has 0 saturated carbocycles. The third kappa shape index (κ3) is 2.66. The number of halogens is 1. The molecule has 3 rings (SSSR count). The number of carbonyl (C=O) groups excluding carboxylic acids is 2. The van der Waals surface area contributed by atoms with E-state index in [1.807, 2.05) is 13.0 Å². The van der Waals surface area contributed by atoms with Gasteiger partial charge in [-0.2, -0.15) is 0 Å². The van der Waals surface area contributed by atoms with E-state index in [1.165, 1.54) is 18.9 Å². The fourth-order valence-corrected chi connectivity index (χ4v) is 3.99. The fourth-order valence-electron chi connectivity index (χ4n) is 2.77. The van der Waals surface area contributed by atoms with Crippen LogP contribution in [0.15, 0.2) is 40.5 Å². The van der Waals surface area contributed by atoms with Crippen LogP contribution in [0.2, 0.25) is 5.02 Å². The Balaban J connectivity index is 2.19. The van der Waals surface area contributed by atoms with Crippen LogP contribution in [0.3, 0.4) is 0 Å². The minimum absolute atomic E-state index is 0.0763. The van der Waals surface area contributed by atoms with E-state index in [2.05, 4.69) is 4.99 Å². The lowest BCUT2D eigenvalue weighted by Gasteiger charge is -2.32. The summed E-state index contributed by atoms with van der Waals surface area (Å²) in [4.78, 5) is 30.9. The van der Waals surface area contributed by atoms with Gasteiger partial charge in [0, 0.05) is 5.02 Å². The molecule has 1 aromatic carbocycles. The number of aliphatic imine (C=N–C) groups is 1. The molecule has 0 aliphatic carbocycles. The van der Waals surface area contributed by atoms with E-state index in [9.17, 15) is 9.59 Å². The molecule has 1 amide bonds. The highest BCUT2D eigenvalue weighted by molar-refractivity contribution is 8.15. The standard InChI is InChI=1S/C16H15ClN2O3S/c1-8-12(15(21)22-3)13(10-5-4-6-11(17)7-10)19-14(20)9(2)23-16(19)18-8/h4-7,9,13H,1-3H3/t9-,13-/m1/s1. The summed E-state index contributed by atoms with van der Waals surface area (Å²) in [5, 5.41) is 0.915. The van der Waals surface area contributed by atoms with Crippen LogP contribution in [0.25, 0.3) is 0 Å². The van der Waals surface area contributed by atoms with Crippen molar-refractivity contribution in [3.05, 3.63) is 46.1 Å². The van der Waals surface area contributed by atoms with Crippen molar-refractivity contribution in [3.63, 3.8) is 0 Å². The first-order valence-electron chi connectivity index (χ1n) is 7.07. The van der Waals surface area contributed by atoms with Gasteiger partial charge in [-0.1, -0.05) is 35.5 Å². The van der Waals surface area contributed by atoms with Crippen molar-refractivity contribution in [3.8, 4) is 0 Å². The van der Waals surface area contributed by atoms with Gasteiger partial charge < -0.3 is 4.74 Å². The Morgan fingerprint density at radius 2 is 2.17 bits per heavy atom. The lowest BCUT2D eigenvalue weighted by Crippen LogP contribution is -2.40. The number of amidine groups is 1. The zero-order valence-corrected chi connectivity index (χ0v) is 14.4. The molecule has 0 N–H and O–H groups in total. The van der Waals surface area contributed by atoms with E-state index >= 15 is 0 Å². The Hall–Kier alpha value is -1.79. The number of ether oxygens (including phenoxy) is 1. The Labute approximate surface area is 143 Å². The second-order valence-corrected chi connectivity index (χ2v) is 7.06. The highest BCUT2D eigenvalue weighted by Gasteiger charge is 2.46. The molecule has 0 radical (unpaired) electrons. The van der Waals surface area contributed by atoms with E-state index in [0.29, 0.717) is 21.5 Å². The van der Waals surface area contributed by atoms with Crippen LogP contribution in [-0.4, -0.2) is 34.3 Å². The number of hydrogen-bond donors (Lipinski definition) is 0. The first kappa shape index (κ1) is 16.1. The maximum atomic E-state index is 12.6. The Kier molecular flexibility index (Phi) is 4.21. The molecular weight excluding hydrogens is 336 g/mol. The molecule has 0 unspecified atom stereocenters. The number of nitrogens with zero attached hydrogens (tertiary/aromatic N) is 2. The SMILES string of the molecule is COC(=O)C1=C(C)N=C2S[C@H](C)C(=O)N2[C@@H]1c1cccc(Cl)c1. The van der Waals surface area contributed by atoms with E-state index in [-0.39, 0.29) is 11.2 Å². The minimum Gasteiger partial charge on any atom is -0.466 e. The summed E-state index contributed by atoms with van der Waals surface area (Å²) in [6, 6.07) is 6.58. The molecule has 0 aromatic heterocycles. The van der Waals surface area contributed by atoms with E-state index < -0.39 is 12.0 Å². The first-order valence-corrected chi connectivity index (χ1v) is 8.32. The van der Waals surface area contributed by atoms with Crippen LogP contribution in [0.4, 0.5) is 0 Å². The van der Waals surface area contributed by atoms with Crippen LogP contribution in [0.5, 0.6) is 0 Å². The topological polar surface area (TPSA) is 59.0 Å². The quantitative estimate of drug-likeness (QED) is 0.769. The number of rotatable bonds is 2. The first-order chi connectivity index (χ1) is 10.9. The molecule has 2 aliphatic heterocycles. The predicted octanol–water partition coefficient (Wildman–Crippen LogP) is 3.16. The van der Waals surface area contributed by atoms with Gasteiger partial charge in [0.2, 0.25) is 5.91 Å². The van der Waals surface area contributed by atoms with Gasteiger partial charge in [0.1, 0.15) is 0 Å². The molecular formula is C16H15ClN2O3S. The third-order valence-electron chi connectivity index (χ3n) is 3.83. The van der Waals surface area contributed by atoms with E-state index in [4.69, 9.17) is 16.3 Å². The van der Waals surface area contributed by atoms with Crippen LogP contribution in [0.1, 0.15) is 25.5 Å². The van der Waals surface area contributed by atoms with Crippen LogP contribution in [0, 0.1) is 0 Å². The molecule has 2 heterocycles. The summed E-state index contributed by atoms with van der Waals surface area (Å²) < 4.78 is 4.91. The van der Waals surface area contributed by atoms with Crippen LogP contribution >= 0.6 is 23.4 Å². The number of benzene rings is 1. The highest BCUT2D eigenvalue weighted by Crippen LogP contribution is 2.43. The maximum Gasteiger partial charge on any atom is 0.338 e. The van der Waals surface area contributed by atoms with Gasteiger partial charge in [-0.25, -0.2) is 9.79 Å². The molecule has 23 heavy (non-hydrogen) atoms. The number of hydrogen-bond acceptors (Lipinski definition) is 5. The van der Waals surface area contributed by atoms with Gasteiger partial charge in [-0.15, -0.1) is 0 Å². The molecule has 0 spiro atoms. The summed E-state index contributed by atoms with van der Waals surface area (Å²) in [5.41, 5.74) is 1.68. The molecule has 1 saturated heterocycles. The third-order valence-corrected chi connectivity index (χ3v) is 5.12. The fraction of sp³-hybridized carbons (Fsp3) is 0.312. The molecule has 5 nitrogen and oxygen atoms in total. The van der Waals surface area contributed by atoms with Gasteiger partial charge in [0.15, 0.2) is 5.17 Å². The van der Waals surface area contributed by atoms with Crippen LogP contribution < -0.4 is 0 Å². The number of esters is 1. The van der Waals surface area contributed by atoms with Crippen molar-refractivity contribution in [2.45, 2.75) is 25.1 Å². The van der Waals surface area contributed by atoms with Gasteiger partial charge in [-0.05, 0) is 31.5 Å². The normalized spacial score (nSPS) is 23.7. The second-order valence-electron chi connectivity index (χ2n) is 5.31. The van der Waals surface area contributed by atoms with E-state index in [1.54, 1.807) is 30.0 Å². The summed E-state index contributed by atoms with van der Waals surface area (Å²) >= 11 is 7.49. The Morgan fingerprint density at radius 1 is 1.43 bits per heavy atom. The van der Waals surface area contributed by atoms with Gasteiger partial charge in [0.05, 0.1) is 29.7 Å². The zero-order chi connectivity index (χ0) is 16.7. The van der Waals surface area contributed by atoms with Gasteiger partial charge in [-0.3, -0.25) is 9.69 Å². The monoisotopic (exact) mass is 350 g/mol. The number of allylic oxidation sites excluding steroid dienone is 1. The molecule has 2 atom stereocenters. The molecule has 1 aromatic rings. The predicted molar refractivity (Wildman–Crippen MR) is 90.2 cm³/mol. The number of methoxy groups -OCH3 is 1. The molecule has 1 fully saturated rings. The number of carbonyl (C=O) groups is 2. The van der Waals surface area contributed by atoms with Crippen molar-refractivity contribution >= 4 is 40.4 Å². The van der Waals surface area contributed by atoms with E-state index in [0.717, 1.165) is 5.56 Å². The van der Waals surface area contributed by atoms with Crippen LogP contribution in [-0.2, 0) is 14.3 Å². The zero-order valence-electron chi connectivity index (χ0n) is 12.9. The number of amides is 1. The van der Waals surface area contributed by atoms with Crippen molar-refractivity contribution in [1.82, 2.24) is 4.90 Å². The molecule has 2 aliphatic rings. The lowest BCUT2D eigenvalue weighted by atomic mass is 9.94. The van der Waals surface area contributed by atoms with Gasteiger partial charge >= 0.3 is 5.97 Å². The smallest absolute Gasteiger partial charge is 0.338 e.